The summed E-state index contributed by atoms with van der Waals surface area (Å²) >= 11 is 0. The van der Waals surface area contributed by atoms with E-state index in [-0.39, 0.29) is 18.4 Å². The lowest BCUT2D eigenvalue weighted by atomic mass is 10.1. The average molecular weight is 324 g/mol. The van der Waals surface area contributed by atoms with Gasteiger partial charge in [0, 0.05) is 31.6 Å². The Kier molecular flexibility index (Phi) is 6.78. The lowest BCUT2D eigenvalue weighted by Crippen LogP contribution is -2.47. The molecule has 1 unspecified atom stereocenters. The summed E-state index contributed by atoms with van der Waals surface area (Å²) in [7, 11) is -3.21. The molecule has 2 amide bonds. The number of amides is 2. The van der Waals surface area contributed by atoms with Crippen LogP contribution in [0.25, 0.3) is 0 Å². The molecule has 0 radical (unpaired) electrons. The molecule has 0 heterocycles. The summed E-state index contributed by atoms with van der Waals surface area (Å²) in [5.74, 6) is -0.667. The van der Waals surface area contributed by atoms with Gasteiger partial charge in [0.25, 0.3) is 0 Å². The largest absolute Gasteiger partial charge is 0.351 e. The first-order valence-electron chi connectivity index (χ1n) is 6.73. The van der Waals surface area contributed by atoms with Crippen LogP contribution in [0.5, 0.6) is 0 Å². The fourth-order valence-electron chi connectivity index (χ4n) is 1.81. The van der Waals surface area contributed by atoms with E-state index in [0.717, 1.165) is 17.2 Å². The Morgan fingerprint density at radius 2 is 1.86 bits per heavy atom. The third-order valence-electron chi connectivity index (χ3n) is 2.71. The van der Waals surface area contributed by atoms with Crippen molar-refractivity contribution in [1.82, 2.24) is 10.6 Å². The van der Waals surface area contributed by atoms with E-state index >= 15 is 0 Å². The van der Waals surface area contributed by atoms with E-state index < -0.39 is 15.9 Å². The first kappa shape index (κ1) is 17.9. The molecule has 0 aromatic heterocycles. The van der Waals surface area contributed by atoms with Gasteiger partial charge in [0.15, 0.2) is 9.84 Å². The monoisotopic (exact) mass is 324 g/mol. The minimum absolute atomic E-state index is 0.0801. The highest BCUT2D eigenvalue weighted by Gasteiger charge is 2.19. The molecule has 1 aromatic carbocycles. The number of sulfone groups is 1. The van der Waals surface area contributed by atoms with Gasteiger partial charge in [0.05, 0.1) is 0 Å². The maximum Gasteiger partial charge on any atom is 0.243 e. The molecule has 0 fully saturated rings. The zero-order chi connectivity index (χ0) is 16.6. The van der Waals surface area contributed by atoms with Crippen LogP contribution in [0.15, 0.2) is 41.8 Å². The van der Waals surface area contributed by atoms with Crippen molar-refractivity contribution in [2.45, 2.75) is 19.4 Å². The standard InChI is InChI=1S/C15H20N2O4S/c1-12(18)17-14(11-13-7-4-3-5-8-13)15(19)16-9-6-10-22(2,20)21/h3-8,10,14H,9,11H2,1-2H3,(H,16,19)(H,17,18)/b10-6+. The van der Waals surface area contributed by atoms with Crippen LogP contribution in [0.1, 0.15) is 12.5 Å². The van der Waals surface area contributed by atoms with E-state index in [1.165, 1.54) is 13.0 Å². The Bertz CT molecular complexity index is 639. The summed E-state index contributed by atoms with van der Waals surface area (Å²) in [6.07, 6.45) is 2.78. The molecule has 120 valence electrons. The van der Waals surface area contributed by atoms with E-state index in [1.807, 2.05) is 30.3 Å². The Balaban J connectivity index is 2.65. The fraction of sp³-hybridized carbons (Fsp3) is 0.333. The van der Waals surface area contributed by atoms with Crippen molar-refractivity contribution in [1.29, 1.82) is 0 Å². The first-order valence-corrected chi connectivity index (χ1v) is 8.69. The van der Waals surface area contributed by atoms with Crippen molar-refractivity contribution in [3.63, 3.8) is 0 Å². The summed E-state index contributed by atoms with van der Waals surface area (Å²) in [4.78, 5) is 23.3. The van der Waals surface area contributed by atoms with E-state index in [0.29, 0.717) is 6.42 Å². The predicted octanol–water partition coefficient (Wildman–Crippen LogP) is 0.408. The molecule has 1 aromatic rings. The molecule has 7 heteroatoms. The Hall–Kier alpha value is -2.15. The van der Waals surface area contributed by atoms with Crippen molar-refractivity contribution < 1.29 is 18.0 Å². The molecule has 1 rings (SSSR count). The molecule has 0 bridgehead atoms. The lowest BCUT2D eigenvalue weighted by molar-refractivity contribution is -0.127. The molecule has 22 heavy (non-hydrogen) atoms. The van der Waals surface area contributed by atoms with Crippen LogP contribution in [0.2, 0.25) is 0 Å². The van der Waals surface area contributed by atoms with E-state index in [2.05, 4.69) is 10.6 Å². The third-order valence-corrected chi connectivity index (χ3v) is 3.40. The summed E-state index contributed by atoms with van der Waals surface area (Å²) in [6.45, 7) is 1.42. The normalized spacial score (nSPS) is 12.8. The van der Waals surface area contributed by atoms with Crippen molar-refractivity contribution in [2.24, 2.45) is 0 Å². The lowest BCUT2D eigenvalue weighted by Gasteiger charge is -2.17. The van der Waals surface area contributed by atoms with Gasteiger partial charge in [0.2, 0.25) is 11.8 Å². The molecular weight excluding hydrogens is 304 g/mol. The maximum absolute atomic E-state index is 12.1. The third kappa shape index (κ3) is 7.58. The number of rotatable bonds is 7. The van der Waals surface area contributed by atoms with E-state index in [1.54, 1.807) is 0 Å². The molecule has 0 saturated heterocycles. The number of hydrogen-bond donors (Lipinski definition) is 2. The van der Waals surface area contributed by atoms with Gasteiger partial charge in [-0.2, -0.15) is 0 Å². The van der Waals surface area contributed by atoms with Gasteiger partial charge in [0.1, 0.15) is 6.04 Å². The minimum atomic E-state index is -3.21. The number of nitrogens with one attached hydrogen (secondary N) is 2. The highest BCUT2D eigenvalue weighted by molar-refractivity contribution is 7.93. The molecule has 0 spiro atoms. The zero-order valence-corrected chi connectivity index (χ0v) is 13.4. The quantitative estimate of drug-likeness (QED) is 0.760. The van der Waals surface area contributed by atoms with Crippen molar-refractivity contribution in [2.75, 3.05) is 12.8 Å². The van der Waals surface area contributed by atoms with Gasteiger partial charge in [-0.3, -0.25) is 9.59 Å². The second-order valence-electron chi connectivity index (χ2n) is 4.89. The fourth-order valence-corrected chi connectivity index (χ4v) is 2.26. The van der Waals surface area contributed by atoms with Crippen LogP contribution in [-0.2, 0) is 25.8 Å². The molecule has 2 N–H and O–H groups in total. The predicted molar refractivity (Wildman–Crippen MR) is 84.7 cm³/mol. The SMILES string of the molecule is CC(=O)NC(Cc1ccccc1)C(=O)NC/C=C/S(C)(=O)=O. The van der Waals surface area contributed by atoms with Crippen LogP contribution in [0.3, 0.4) is 0 Å². The van der Waals surface area contributed by atoms with Gasteiger partial charge in [-0.05, 0) is 5.56 Å². The van der Waals surface area contributed by atoms with Crippen molar-refractivity contribution >= 4 is 21.7 Å². The Morgan fingerprint density at radius 1 is 1.23 bits per heavy atom. The molecular formula is C15H20N2O4S. The Morgan fingerprint density at radius 3 is 2.41 bits per heavy atom. The van der Waals surface area contributed by atoms with E-state index in [9.17, 15) is 18.0 Å². The smallest absolute Gasteiger partial charge is 0.243 e. The van der Waals surface area contributed by atoms with E-state index in [4.69, 9.17) is 0 Å². The zero-order valence-electron chi connectivity index (χ0n) is 12.6. The topological polar surface area (TPSA) is 92.3 Å². The highest BCUT2D eigenvalue weighted by atomic mass is 32.2. The number of benzene rings is 1. The summed E-state index contributed by atoms with van der Waals surface area (Å²) in [5.41, 5.74) is 0.920. The van der Waals surface area contributed by atoms with Gasteiger partial charge < -0.3 is 10.6 Å². The van der Waals surface area contributed by atoms with Gasteiger partial charge in [-0.1, -0.05) is 36.4 Å². The summed E-state index contributed by atoms with van der Waals surface area (Å²) in [6, 6.07) is 8.61. The minimum Gasteiger partial charge on any atom is -0.351 e. The van der Waals surface area contributed by atoms with Gasteiger partial charge in [-0.15, -0.1) is 0 Å². The molecule has 0 aliphatic carbocycles. The molecule has 6 nitrogen and oxygen atoms in total. The number of carbonyl (C=O) groups is 2. The molecule has 0 saturated carbocycles. The second kappa shape index (κ2) is 8.33. The second-order valence-corrected chi connectivity index (χ2v) is 6.82. The summed E-state index contributed by atoms with van der Waals surface area (Å²) in [5, 5.41) is 6.19. The van der Waals surface area contributed by atoms with Crippen LogP contribution in [0.4, 0.5) is 0 Å². The molecule has 0 aliphatic heterocycles. The van der Waals surface area contributed by atoms with Gasteiger partial charge >= 0.3 is 0 Å². The van der Waals surface area contributed by atoms with Crippen LogP contribution in [0, 0.1) is 0 Å². The molecule has 1 atom stereocenters. The highest BCUT2D eigenvalue weighted by Crippen LogP contribution is 2.03. The van der Waals surface area contributed by atoms with Crippen molar-refractivity contribution in [3.8, 4) is 0 Å². The molecule has 0 aliphatic rings. The summed E-state index contributed by atoms with van der Waals surface area (Å²) < 4.78 is 21.9. The van der Waals surface area contributed by atoms with Crippen LogP contribution in [-0.4, -0.2) is 39.1 Å². The Labute approximate surface area is 130 Å². The number of hydrogen-bond acceptors (Lipinski definition) is 4. The average Bonchev–Trinajstić information content (AvgIpc) is 2.42. The van der Waals surface area contributed by atoms with Crippen LogP contribution < -0.4 is 10.6 Å². The maximum atomic E-state index is 12.1. The first-order chi connectivity index (χ1) is 10.3. The van der Waals surface area contributed by atoms with Crippen LogP contribution >= 0.6 is 0 Å². The van der Waals surface area contributed by atoms with Crippen molar-refractivity contribution in [3.05, 3.63) is 47.4 Å². The number of carbonyl (C=O) groups excluding carboxylic acids is 2. The van der Waals surface area contributed by atoms with Gasteiger partial charge in [-0.25, -0.2) is 8.42 Å².